The van der Waals surface area contributed by atoms with Crippen LogP contribution in [0.2, 0.25) is 0 Å². The maximum Gasteiger partial charge on any atom is 0.0205 e. The summed E-state index contributed by atoms with van der Waals surface area (Å²) in [5, 5.41) is 3.29. The van der Waals surface area contributed by atoms with Crippen molar-refractivity contribution in [3.63, 3.8) is 0 Å². The minimum atomic E-state index is 1.01. The molecule has 0 radical (unpaired) electrons. The zero-order valence-electron chi connectivity index (χ0n) is 6.46. The molecule has 1 aliphatic rings. The number of nitrogens with zero attached hydrogens (tertiary/aromatic N) is 1. The van der Waals surface area contributed by atoms with Gasteiger partial charge in [-0.2, -0.15) is 0 Å². The lowest BCUT2D eigenvalue weighted by atomic mass is 10.2. The molecule has 2 heterocycles. The summed E-state index contributed by atoms with van der Waals surface area (Å²) in [5.74, 6) is 0. The van der Waals surface area contributed by atoms with E-state index < -0.39 is 0 Å². The van der Waals surface area contributed by atoms with Gasteiger partial charge in [-0.05, 0) is 12.1 Å². The Labute approximate surface area is 66.5 Å². The first kappa shape index (κ1) is 6.68. The molecule has 0 bridgehead atoms. The van der Waals surface area contributed by atoms with Crippen molar-refractivity contribution in [2.45, 2.75) is 6.42 Å². The van der Waals surface area contributed by atoms with Crippen LogP contribution in [0.3, 0.4) is 0 Å². The van der Waals surface area contributed by atoms with Crippen LogP contribution in [-0.4, -0.2) is 17.7 Å². The van der Waals surface area contributed by atoms with Gasteiger partial charge in [-0.25, -0.2) is 0 Å². The van der Waals surface area contributed by atoms with E-state index in [1.54, 1.807) is 0 Å². The van der Waals surface area contributed by atoms with Gasteiger partial charge in [-0.15, -0.1) is 0 Å². The van der Waals surface area contributed by atoms with Crippen LogP contribution < -0.4 is 5.32 Å². The fraction of sp³-hybridized carbons (Fsp3) is 0.333. The molecule has 0 fully saturated rings. The first-order valence-electron chi connectivity index (χ1n) is 4.00. The second-order valence-electron chi connectivity index (χ2n) is 2.74. The van der Waals surface area contributed by atoms with Crippen LogP contribution in [0.4, 0.5) is 0 Å². The predicted molar refractivity (Wildman–Crippen MR) is 46.2 cm³/mol. The average molecular weight is 148 g/mol. The maximum atomic E-state index is 3.29. The summed E-state index contributed by atoms with van der Waals surface area (Å²) in [6.07, 6.45) is 7.56. The van der Waals surface area contributed by atoms with E-state index in [-0.39, 0.29) is 0 Å². The van der Waals surface area contributed by atoms with Gasteiger partial charge in [0.15, 0.2) is 0 Å². The molecule has 0 aliphatic carbocycles. The van der Waals surface area contributed by atoms with Crippen molar-refractivity contribution in [1.82, 2.24) is 9.88 Å². The molecule has 0 atom stereocenters. The van der Waals surface area contributed by atoms with Gasteiger partial charge in [0.2, 0.25) is 0 Å². The number of nitrogens with one attached hydrogen (secondary N) is 1. The molecule has 0 aromatic carbocycles. The van der Waals surface area contributed by atoms with Gasteiger partial charge in [-0.1, -0.05) is 6.08 Å². The van der Waals surface area contributed by atoms with E-state index >= 15 is 0 Å². The van der Waals surface area contributed by atoms with E-state index in [0.717, 1.165) is 19.5 Å². The third-order valence-electron chi connectivity index (χ3n) is 1.98. The van der Waals surface area contributed by atoms with Crippen molar-refractivity contribution in [2.24, 2.45) is 0 Å². The van der Waals surface area contributed by atoms with Crippen molar-refractivity contribution in [3.8, 4) is 0 Å². The quantitative estimate of drug-likeness (QED) is 0.635. The average Bonchev–Trinajstić information content (AvgIpc) is 2.58. The molecule has 0 unspecified atom stereocenters. The van der Waals surface area contributed by atoms with E-state index in [1.165, 1.54) is 5.70 Å². The Morgan fingerprint density at radius 2 is 2.09 bits per heavy atom. The van der Waals surface area contributed by atoms with E-state index in [4.69, 9.17) is 0 Å². The molecule has 0 spiro atoms. The summed E-state index contributed by atoms with van der Waals surface area (Å²) in [4.78, 5) is 0. The summed E-state index contributed by atoms with van der Waals surface area (Å²) >= 11 is 0. The summed E-state index contributed by atoms with van der Waals surface area (Å²) < 4.78 is 2.18. The Morgan fingerprint density at radius 3 is 2.73 bits per heavy atom. The molecule has 2 nitrogen and oxygen atoms in total. The minimum absolute atomic E-state index is 1.01. The first-order chi connectivity index (χ1) is 5.47. The topological polar surface area (TPSA) is 17.0 Å². The Balaban J connectivity index is 2.22. The summed E-state index contributed by atoms with van der Waals surface area (Å²) in [6.45, 7) is 2.11. The van der Waals surface area contributed by atoms with Crippen LogP contribution in [0, 0.1) is 0 Å². The van der Waals surface area contributed by atoms with Gasteiger partial charge in [-0.3, -0.25) is 0 Å². The molecule has 1 aromatic rings. The fourth-order valence-electron chi connectivity index (χ4n) is 1.37. The van der Waals surface area contributed by atoms with Crippen LogP contribution in [0.15, 0.2) is 30.6 Å². The Hall–Kier alpha value is -1.02. The smallest absolute Gasteiger partial charge is 0.0205 e. The normalized spacial score (nSPS) is 18.0. The molecule has 11 heavy (non-hydrogen) atoms. The highest BCUT2D eigenvalue weighted by molar-refractivity contribution is 5.46. The molecular formula is C9H12N2. The number of hydrogen-bond donors (Lipinski definition) is 1. The van der Waals surface area contributed by atoms with Crippen molar-refractivity contribution >= 4 is 5.70 Å². The van der Waals surface area contributed by atoms with Crippen molar-refractivity contribution in [2.75, 3.05) is 13.1 Å². The second kappa shape index (κ2) is 2.93. The van der Waals surface area contributed by atoms with Gasteiger partial charge >= 0.3 is 0 Å². The monoisotopic (exact) mass is 148 g/mol. The highest BCUT2D eigenvalue weighted by Crippen LogP contribution is 2.10. The van der Waals surface area contributed by atoms with Gasteiger partial charge in [0, 0.05) is 37.6 Å². The molecule has 2 rings (SSSR count). The molecule has 58 valence electrons. The lowest BCUT2D eigenvalue weighted by Crippen LogP contribution is -2.21. The van der Waals surface area contributed by atoms with Crippen LogP contribution >= 0.6 is 0 Å². The van der Waals surface area contributed by atoms with Crippen molar-refractivity contribution < 1.29 is 0 Å². The second-order valence-corrected chi connectivity index (χ2v) is 2.74. The Bertz CT molecular complexity index is 247. The summed E-state index contributed by atoms with van der Waals surface area (Å²) in [5.41, 5.74) is 1.41. The molecular weight excluding hydrogens is 136 g/mol. The van der Waals surface area contributed by atoms with E-state index in [0.29, 0.717) is 0 Å². The van der Waals surface area contributed by atoms with Crippen LogP contribution in [0.5, 0.6) is 0 Å². The largest absolute Gasteiger partial charge is 0.328 e. The molecule has 1 aromatic heterocycles. The zero-order valence-corrected chi connectivity index (χ0v) is 6.46. The highest BCUT2D eigenvalue weighted by atomic mass is 15.0. The van der Waals surface area contributed by atoms with Crippen molar-refractivity contribution in [1.29, 1.82) is 0 Å². The summed E-state index contributed by atoms with van der Waals surface area (Å²) in [6, 6.07) is 4.12. The van der Waals surface area contributed by atoms with Gasteiger partial charge in [0.05, 0.1) is 0 Å². The van der Waals surface area contributed by atoms with Crippen LogP contribution in [0.1, 0.15) is 6.42 Å². The molecule has 0 saturated heterocycles. The van der Waals surface area contributed by atoms with Gasteiger partial charge < -0.3 is 9.88 Å². The third-order valence-corrected chi connectivity index (χ3v) is 1.98. The molecule has 1 N–H and O–H groups in total. The van der Waals surface area contributed by atoms with E-state index in [9.17, 15) is 0 Å². The Kier molecular flexibility index (Phi) is 1.78. The van der Waals surface area contributed by atoms with Crippen LogP contribution in [-0.2, 0) is 0 Å². The number of hydrogen-bond acceptors (Lipinski definition) is 1. The van der Waals surface area contributed by atoms with E-state index in [2.05, 4.69) is 40.5 Å². The SMILES string of the molecule is C1=C(n2cccc2)CCNC1. The Morgan fingerprint density at radius 1 is 1.27 bits per heavy atom. The van der Waals surface area contributed by atoms with Crippen LogP contribution in [0.25, 0.3) is 5.70 Å². The highest BCUT2D eigenvalue weighted by Gasteiger charge is 2.02. The fourth-order valence-corrected chi connectivity index (χ4v) is 1.37. The minimum Gasteiger partial charge on any atom is -0.328 e. The third kappa shape index (κ3) is 1.35. The maximum absolute atomic E-state index is 3.29. The molecule has 2 heteroatoms. The standard InChI is InChI=1S/C9H12N2/c1-2-8-11(7-1)9-3-5-10-6-4-9/h1-3,7-8,10H,4-6H2. The van der Waals surface area contributed by atoms with Crippen molar-refractivity contribution in [3.05, 3.63) is 30.6 Å². The lowest BCUT2D eigenvalue weighted by Gasteiger charge is -2.14. The predicted octanol–water partition coefficient (Wildman–Crippen LogP) is 1.32. The van der Waals surface area contributed by atoms with Gasteiger partial charge in [0.1, 0.15) is 0 Å². The first-order valence-corrected chi connectivity index (χ1v) is 4.00. The van der Waals surface area contributed by atoms with E-state index in [1.807, 2.05) is 0 Å². The number of aromatic nitrogens is 1. The lowest BCUT2D eigenvalue weighted by molar-refractivity contribution is 0.718. The molecule has 0 amide bonds. The van der Waals surface area contributed by atoms with Gasteiger partial charge in [0.25, 0.3) is 0 Å². The molecule has 0 saturated carbocycles. The molecule has 1 aliphatic heterocycles. The number of rotatable bonds is 1. The zero-order chi connectivity index (χ0) is 7.52. The summed E-state index contributed by atoms with van der Waals surface area (Å²) in [7, 11) is 0.